The first-order valence-corrected chi connectivity index (χ1v) is 8.22. The lowest BCUT2D eigenvalue weighted by Crippen LogP contribution is -2.31. The molecule has 1 fully saturated rings. The fourth-order valence-corrected chi connectivity index (χ4v) is 3.03. The Kier molecular flexibility index (Phi) is 5.90. The van der Waals surface area contributed by atoms with E-state index in [0.29, 0.717) is 6.04 Å². The van der Waals surface area contributed by atoms with Gasteiger partial charge in [-0.15, -0.1) is 0 Å². The second-order valence-corrected chi connectivity index (χ2v) is 6.46. The average molecular weight is 274 g/mol. The monoisotopic (exact) mass is 274 g/mol. The van der Waals surface area contributed by atoms with Crippen LogP contribution in [0.1, 0.15) is 57.9 Å². The zero-order valence-corrected chi connectivity index (χ0v) is 13.4. The normalized spacial score (nSPS) is 17.2. The van der Waals surface area contributed by atoms with Crippen LogP contribution in [0.25, 0.3) is 0 Å². The summed E-state index contributed by atoms with van der Waals surface area (Å²) in [6, 6.07) is 10.4. The van der Waals surface area contributed by atoms with Gasteiger partial charge in [-0.05, 0) is 30.5 Å². The number of rotatable bonds is 5. The van der Waals surface area contributed by atoms with Crippen LogP contribution in [-0.2, 0) is 6.54 Å². The van der Waals surface area contributed by atoms with Gasteiger partial charge in [-0.25, -0.2) is 0 Å². The molecule has 0 amide bonds. The highest BCUT2D eigenvalue weighted by Crippen LogP contribution is 2.25. The lowest BCUT2D eigenvalue weighted by Gasteiger charge is -2.29. The van der Waals surface area contributed by atoms with E-state index in [9.17, 15) is 0 Å². The maximum absolute atomic E-state index is 3.47. The molecule has 0 saturated heterocycles. The molecule has 1 aliphatic rings. The molecular formula is C18H30N2. The van der Waals surface area contributed by atoms with Crippen molar-refractivity contribution in [1.82, 2.24) is 5.32 Å². The first-order chi connectivity index (χ1) is 9.66. The van der Waals surface area contributed by atoms with Gasteiger partial charge in [0.1, 0.15) is 0 Å². The highest BCUT2D eigenvalue weighted by Gasteiger charge is 2.17. The van der Waals surface area contributed by atoms with Crippen LogP contribution >= 0.6 is 0 Å². The van der Waals surface area contributed by atoms with Crippen molar-refractivity contribution in [2.75, 3.05) is 11.9 Å². The number of anilines is 1. The molecular weight excluding hydrogens is 244 g/mol. The molecule has 2 heteroatoms. The Morgan fingerprint density at radius 1 is 1.05 bits per heavy atom. The lowest BCUT2D eigenvalue weighted by atomic mass is 10.1. The number of nitrogens with zero attached hydrogens (tertiary/aromatic N) is 1. The maximum atomic E-state index is 3.47. The van der Waals surface area contributed by atoms with Gasteiger partial charge in [0, 0.05) is 31.4 Å². The van der Waals surface area contributed by atoms with Crippen LogP contribution in [0.4, 0.5) is 5.69 Å². The zero-order valence-electron chi connectivity index (χ0n) is 13.4. The molecule has 0 aliphatic heterocycles. The van der Waals surface area contributed by atoms with Gasteiger partial charge in [-0.1, -0.05) is 51.7 Å². The average Bonchev–Trinajstić information content (AvgIpc) is 2.74. The van der Waals surface area contributed by atoms with Gasteiger partial charge < -0.3 is 10.2 Å². The lowest BCUT2D eigenvalue weighted by molar-refractivity contribution is 0.553. The molecule has 1 N–H and O–H groups in total. The molecule has 1 aromatic rings. The molecule has 0 aromatic heterocycles. The molecule has 112 valence electrons. The summed E-state index contributed by atoms with van der Waals surface area (Å²) < 4.78 is 0. The van der Waals surface area contributed by atoms with Gasteiger partial charge >= 0.3 is 0 Å². The van der Waals surface area contributed by atoms with Crippen LogP contribution < -0.4 is 10.2 Å². The molecule has 0 unspecified atom stereocenters. The number of hydrogen-bond donors (Lipinski definition) is 1. The second kappa shape index (κ2) is 7.68. The van der Waals surface area contributed by atoms with Crippen LogP contribution in [0.3, 0.4) is 0 Å². The van der Waals surface area contributed by atoms with Gasteiger partial charge in [0.2, 0.25) is 0 Å². The summed E-state index contributed by atoms with van der Waals surface area (Å²) in [6.45, 7) is 5.34. The maximum Gasteiger partial charge on any atom is 0.0366 e. The topological polar surface area (TPSA) is 15.3 Å². The van der Waals surface area contributed by atoms with Crippen LogP contribution in [-0.4, -0.2) is 19.1 Å². The zero-order chi connectivity index (χ0) is 14.4. The van der Waals surface area contributed by atoms with Gasteiger partial charge in [0.05, 0.1) is 0 Å². The highest BCUT2D eigenvalue weighted by atomic mass is 15.1. The van der Waals surface area contributed by atoms with Gasteiger partial charge in [0.25, 0.3) is 0 Å². The Balaban J connectivity index is 1.94. The summed E-state index contributed by atoms with van der Waals surface area (Å²) in [5, 5.41) is 3.47. The third-order valence-electron chi connectivity index (χ3n) is 4.43. The van der Waals surface area contributed by atoms with Gasteiger partial charge in [-0.3, -0.25) is 0 Å². The molecule has 0 heterocycles. The summed E-state index contributed by atoms with van der Waals surface area (Å²) >= 11 is 0. The van der Waals surface area contributed by atoms with Crippen molar-refractivity contribution in [3.05, 3.63) is 29.8 Å². The molecule has 20 heavy (non-hydrogen) atoms. The molecule has 0 spiro atoms. The van der Waals surface area contributed by atoms with Gasteiger partial charge in [-0.2, -0.15) is 0 Å². The smallest absolute Gasteiger partial charge is 0.0366 e. The standard InChI is InChI=1S/C18H30N2/c1-15(2)19-14-16-10-12-18(13-11-16)20(3)17-8-6-4-5-7-9-17/h10-13,15,17,19H,4-9,14H2,1-3H3. The Hall–Kier alpha value is -1.02. The van der Waals surface area contributed by atoms with Gasteiger partial charge in [0.15, 0.2) is 0 Å². The van der Waals surface area contributed by atoms with Crippen molar-refractivity contribution in [2.24, 2.45) is 0 Å². The summed E-state index contributed by atoms with van der Waals surface area (Å²) in [6.07, 6.45) is 8.34. The van der Waals surface area contributed by atoms with Crippen LogP contribution in [0.2, 0.25) is 0 Å². The third-order valence-corrected chi connectivity index (χ3v) is 4.43. The SMILES string of the molecule is CC(C)NCc1ccc(N(C)C2CCCCCC2)cc1. The van der Waals surface area contributed by atoms with E-state index in [4.69, 9.17) is 0 Å². The van der Waals surface area contributed by atoms with Crippen molar-refractivity contribution in [1.29, 1.82) is 0 Å². The first kappa shape index (κ1) is 15.4. The fraction of sp³-hybridized carbons (Fsp3) is 0.667. The minimum Gasteiger partial charge on any atom is -0.372 e. The number of hydrogen-bond acceptors (Lipinski definition) is 2. The van der Waals surface area contributed by atoms with Crippen molar-refractivity contribution >= 4 is 5.69 Å². The predicted molar refractivity (Wildman–Crippen MR) is 88.3 cm³/mol. The predicted octanol–water partition coefficient (Wildman–Crippen LogP) is 4.34. The molecule has 0 radical (unpaired) electrons. The minimum absolute atomic E-state index is 0.545. The first-order valence-electron chi connectivity index (χ1n) is 8.22. The van der Waals surface area contributed by atoms with E-state index in [0.717, 1.165) is 12.6 Å². The summed E-state index contributed by atoms with van der Waals surface area (Å²) in [7, 11) is 2.26. The van der Waals surface area contributed by atoms with Crippen LogP contribution in [0, 0.1) is 0 Å². The quantitative estimate of drug-likeness (QED) is 0.803. The molecule has 2 nitrogen and oxygen atoms in total. The molecule has 1 aromatic carbocycles. The summed E-state index contributed by atoms with van der Waals surface area (Å²) in [4.78, 5) is 2.49. The molecule has 0 atom stereocenters. The molecule has 1 saturated carbocycles. The number of nitrogens with one attached hydrogen (secondary N) is 1. The van der Waals surface area contributed by atoms with E-state index >= 15 is 0 Å². The molecule has 2 rings (SSSR count). The Morgan fingerprint density at radius 3 is 2.20 bits per heavy atom. The summed E-state index contributed by atoms with van der Waals surface area (Å²) in [5.41, 5.74) is 2.74. The largest absolute Gasteiger partial charge is 0.372 e. The highest BCUT2D eigenvalue weighted by molar-refractivity contribution is 5.47. The summed E-state index contributed by atoms with van der Waals surface area (Å²) in [5.74, 6) is 0. The van der Waals surface area contributed by atoms with E-state index < -0.39 is 0 Å². The Labute approximate surface area is 124 Å². The van der Waals surface area contributed by atoms with E-state index in [2.05, 4.69) is 55.4 Å². The van der Waals surface area contributed by atoms with E-state index in [-0.39, 0.29) is 0 Å². The molecule has 1 aliphatic carbocycles. The third kappa shape index (κ3) is 4.52. The Bertz CT molecular complexity index is 375. The van der Waals surface area contributed by atoms with Crippen molar-refractivity contribution < 1.29 is 0 Å². The van der Waals surface area contributed by atoms with Crippen LogP contribution in [0.15, 0.2) is 24.3 Å². The second-order valence-electron chi connectivity index (χ2n) is 6.46. The van der Waals surface area contributed by atoms with E-state index in [1.807, 2.05) is 0 Å². The molecule has 0 bridgehead atoms. The minimum atomic E-state index is 0.545. The van der Waals surface area contributed by atoms with E-state index in [1.54, 1.807) is 0 Å². The van der Waals surface area contributed by atoms with Crippen molar-refractivity contribution in [3.63, 3.8) is 0 Å². The Morgan fingerprint density at radius 2 is 1.65 bits per heavy atom. The van der Waals surface area contributed by atoms with Crippen molar-refractivity contribution in [2.45, 2.75) is 71.0 Å². The van der Waals surface area contributed by atoms with Crippen molar-refractivity contribution in [3.8, 4) is 0 Å². The van der Waals surface area contributed by atoms with Crippen LogP contribution in [0.5, 0.6) is 0 Å². The van der Waals surface area contributed by atoms with E-state index in [1.165, 1.54) is 49.8 Å². The fourth-order valence-electron chi connectivity index (χ4n) is 3.03. The number of benzene rings is 1.